The SMILES string of the molecule is O[C@@H]1CNC[C@H]1CC1CC1(F)F. The maximum atomic E-state index is 12.5. The number of aliphatic hydroxyl groups is 1. The molecule has 1 aliphatic heterocycles. The number of alkyl halides is 2. The fourth-order valence-electron chi connectivity index (χ4n) is 1.85. The Labute approximate surface area is 70.0 Å². The molecule has 1 saturated heterocycles. The summed E-state index contributed by atoms with van der Waals surface area (Å²) in [5, 5.41) is 12.3. The highest BCUT2D eigenvalue weighted by Gasteiger charge is 2.57. The molecule has 2 N–H and O–H groups in total. The smallest absolute Gasteiger partial charge is 0.251 e. The third-order valence-electron chi connectivity index (χ3n) is 2.85. The number of aliphatic hydroxyl groups excluding tert-OH is 1. The lowest BCUT2D eigenvalue weighted by atomic mass is 9.99. The van der Waals surface area contributed by atoms with Crippen LogP contribution in [0.15, 0.2) is 0 Å². The molecule has 0 radical (unpaired) electrons. The van der Waals surface area contributed by atoms with Crippen LogP contribution in [0.1, 0.15) is 12.8 Å². The molecule has 2 fully saturated rings. The van der Waals surface area contributed by atoms with Crippen LogP contribution < -0.4 is 5.32 Å². The normalized spacial score (nSPS) is 44.8. The summed E-state index contributed by atoms with van der Waals surface area (Å²) >= 11 is 0. The number of halogens is 2. The fraction of sp³-hybridized carbons (Fsp3) is 1.00. The monoisotopic (exact) mass is 177 g/mol. The first kappa shape index (κ1) is 8.38. The van der Waals surface area contributed by atoms with Crippen molar-refractivity contribution in [3.05, 3.63) is 0 Å². The molecule has 1 unspecified atom stereocenters. The van der Waals surface area contributed by atoms with E-state index in [1.165, 1.54) is 0 Å². The number of rotatable bonds is 2. The van der Waals surface area contributed by atoms with Gasteiger partial charge in [-0.25, -0.2) is 8.78 Å². The first-order valence-electron chi connectivity index (χ1n) is 4.36. The van der Waals surface area contributed by atoms with Crippen molar-refractivity contribution >= 4 is 0 Å². The van der Waals surface area contributed by atoms with Crippen molar-refractivity contribution in [2.75, 3.05) is 13.1 Å². The Hall–Kier alpha value is -0.220. The third-order valence-corrected chi connectivity index (χ3v) is 2.85. The minimum absolute atomic E-state index is 0.0240. The standard InChI is InChI=1S/C8H13F2NO/c9-8(10)2-6(8)1-5-3-11-4-7(5)12/h5-7,11-12H,1-4H2/t5-,6?,7-/m1/s1. The van der Waals surface area contributed by atoms with Crippen LogP contribution in [-0.2, 0) is 0 Å². The lowest BCUT2D eigenvalue weighted by Crippen LogP contribution is -2.19. The largest absolute Gasteiger partial charge is 0.391 e. The molecule has 4 heteroatoms. The summed E-state index contributed by atoms with van der Waals surface area (Å²) in [4.78, 5) is 0. The van der Waals surface area contributed by atoms with Gasteiger partial charge in [-0.05, 0) is 12.3 Å². The van der Waals surface area contributed by atoms with Gasteiger partial charge in [0.05, 0.1) is 6.10 Å². The first-order valence-corrected chi connectivity index (χ1v) is 4.36. The Kier molecular flexibility index (Phi) is 1.84. The van der Waals surface area contributed by atoms with Crippen molar-refractivity contribution < 1.29 is 13.9 Å². The molecule has 1 aliphatic carbocycles. The summed E-state index contributed by atoms with van der Waals surface area (Å²) < 4.78 is 24.9. The van der Waals surface area contributed by atoms with Crippen molar-refractivity contribution in [1.82, 2.24) is 5.32 Å². The number of hydrogen-bond donors (Lipinski definition) is 2. The molecule has 0 aromatic rings. The highest BCUT2D eigenvalue weighted by Crippen LogP contribution is 2.52. The van der Waals surface area contributed by atoms with E-state index in [0.29, 0.717) is 19.5 Å². The van der Waals surface area contributed by atoms with Gasteiger partial charge in [-0.15, -0.1) is 0 Å². The van der Waals surface area contributed by atoms with Crippen molar-refractivity contribution in [1.29, 1.82) is 0 Å². The molecule has 0 aromatic carbocycles. The second-order valence-corrected chi connectivity index (χ2v) is 3.88. The molecule has 2 nitrogen and oxygen atoms in total. The van der Waals surface area contributed by atoms with E-state index >= 15 is 0 Å². The van der Waals surface area contributed by atoms with Gasteiger partial charge in [0.1, 0.15) is 0 Å². The maximum Gasteiger partial charge on any atom is 0.251 e. The van der Waals surface area contributed by atoms with Crippen LogP contribution in [0.4, 0.5) is 8.78 Å². The number of hydrogen-bond acceptors (Lipinski definition) is 2. The zero-order chi connectivity index (χ0) is 8.77. The van der Waals surface area contributed by atoms with Crippen LogP contribution in [0.25, 0.3) is 0 Å². The average Bonchev–Trinajstić information content (AvgIpc) is 2.39. The van der Waals surface area contributed by atoms with Crippen LogP contribution in [0.5, 0.6) is 0 Å². The Morgan fingerprint density at radius 3 is 2.50 bits per heavy atom. The van der Waals surface area contributed by atoms with Gasteiger partial charge in [0.25, 0.3) is 5.92 Å². The second kappa shape index (κ2) is 2.64. The van der Waals surface area contributed by atoms with Gasteiger partial charge in [-0.2, -0.15) is 0 Å². The lowest BCUT2D eigenvalue weighted by Gasteiger charge is -2.11. The topological polar surface area (TPSA) is 32.3 Å². The average molecular weight is 177 g/mol. The third kappa shape index (κ3) is 1.45. The van der Waals surface area contributed by atoms with E-state index in [0.717, 1.165) is 0 Å². The van der Waals surface area contributed by atoms with Crippen LogP contribution >= 0.6 is 0 Å². The van der Waals surface area contributed by atoms with Crippen molar-refractivity contribution in [3.63, 3.8) is 0 Å². The highest BCUT2D eigenvalue weighted by atomic mass is 19.3. The molecule has 0 bridgehead atoms. The maximum absolute atomic E-state index is 12.5. The molecule has 3 atom stereocenters. The van der Waals surface area contributed by atoms with Gasteiger partial charge in [-0.1, -0.05) is 0 Å². The van der Waals surface area contributed by atoms with E-state index < -0.39 is 17.9 Å². The summed E-state index contributed by atoms with van der Waals surface area (Å²) in [6, 6.07) is 0. The Morgan fingerprint density at radius 1 is 1.42 bits per heavy atom. The fourth-order valence-corrected chi connectivity index (χ4v) is 1.85. The zero-order valence-electron chi connectivity index (χ0n) is 6.76. The summed E-state index contributed by atoms with van der Waals surface area (Å²) in [6.45, 7) is 1.25. The Bertz CT molecular complexity index is 186. The van der Waals surface area contributed by atoms with Crippen LogP contribution in [0.3, 0.4) is 0 Å². The molecular formula is C8H13F2NO. The molecule has 2 rings (SSSR count). The number of β-amino-alcohol motifs (C(OH)–C–C–N with tert-alkyl or cyclic N) is 1. The summed E-state index contributed by atoms with van der Waals surface area (Å²) in [5.74, 6) is -2.84. The van der Waals surface area contributed by atoms with Gasteiger partial charge in [0.15, 0.2) is 0 Å². The molecule has 1 saturated carbocycles. The lowest BCUT2D eigenvalue weighted by molar-refractivity contribution is 0.0818. The predicted octanol–water partition coefficient (Wildman–Crippen LogP) is 0.612. The van der Waals surface area contributed by atoms with E-state index in [-0.39, 0.29) is 12.3 Å². The Morgan fingerprint density at radius 2 is 2.08 bits per heavy atom. The van der Waals surface area contributed by atoms with Gasteiger partial charge in [0.2, 0.25) is 0 Å². The van der Waals surface area contributed by atoms with Gasteiger partial charge < -0.3 is 10.4 Å². The van der Waals surface area contributed by atoms with E-state index in [2.05, 4.69) is 5.32 Å². The summed E-state index contributed by atoms with van der Waals surface area (Å²) in [6.07, 6.45) is 0.0820. The molecule has 12 heavy (non-hydrogen) atoms. The van der Waals surface area contributed by atoms with E-state index in [4.69, 9.17) is 0 Å². The van der Waals surface area contributed by atoms with E-state index in [1.54, 1.807) is 0 Å². The van der Waals surface area contributed by atoms with Crippen LogP contribution in [0.2, 0.25) is 0 Å². The predicted molar refractivity (Wildman–Crippen MR) is 40.0 cm³/mol. The Balaban J connectivity index is 1.80. The van der Waals surface area contributed by atoms with Crippen molar-refractivity contribution in [2.24, 2.45) is 11.8 Å². The number of nitrogens with one attached hydrogen (secondary N) is 1. The van der Waals surface area contributed by atoms with Crippen molar-refractivity contribution in [3.8, 4) is 0 Å². The first-order chi connectivity index (χ1) is 5.59. The quantitative estimate of drug-likeness (QED) is 0.647. The molecule has 70 valence electrons. The molecule has 2 aliphatic rings. The zero-order valence-corrected chi connectivity index (χ0v) is 6.76. The molecule has 0 spiro atoms. The molecule has 1 heterocycles. The van der Waals surface area contributed by atoms with E-state index in [1.807, 2.05) is 0 Å². The van der Waals surface area contributed by atoms with Crippen LogP contribution in [0, 0.1) is 11.8 Å². The summed E-state index contributed by atoms with van der Waals surface area (Å²) in [7, 11) is 0. The molecule has 0 aromatic heterocycles. The minimum atomic E-state index is -2.43. The summed E-state index contributed by atoms with van der Waals surface area (Å²) in [5.41, 5.74) is 0. The van der Waals surface area contributed by atoms with Crippen molar-refractivity contribution in [2.45, 2.75) is 24.9 Å². The van der Waals surface area contributed by atoms with E-state index in [9.17, 15) is 13.9 Å². The second-order valence-electron chi connectivity index (χ2n) is 3.88. The highest BCUT2D eigenvalue weighted by molar-refractivity contribution is 4.98. The van der Waals surface area contributed by atoms with Crippen LogP contribution in [-0.4, -0.2) is 30.2 Å². The van der Waals surface area contributed by atoms with Gasteiger partial charge in [0, 0.05) is 25.4 Å². The molecule has 0 amide bonds. The molecular weight excluding hydrogens is 164 g/mol. The minimum Gasteiger partial charge on any atom is -0.391 e. The van der Waals surface area contributed by atoms with Gasteiger partial charge in [-0.3, -0.25) is 0 Å². The van der Waals surface area contributed by atoms with Gasteiger partial charge >= 0.3 is 0 Å².